The zero-order valence-corrected chi connectivity index (χ0v) is 42.7. The topological polar surface area (TPSA) is 13.0 Å². The Morgan fingerprint density at radius 3 is 0.414 bits per heavy atom. The largest absolute Gasteiger partial charge is 1.00 e. The highest BCUT2D eigenvalue weighted by Gasteiger charge is 2.60. The molecule has 0 aliphatic rings. The average Bonchev–Trinajstić information content (AvgIpc) is 3.42. The van der Waals surface area contributed by atoms with E-state index in [-0.39, 0.29) is 12.4 Å². The fraction of sp³-hybridized carbons (Fsp3) is 0.250. The summed E-state index contributed by atoms with van der Waals surface area (Å²) in [7, 11) is -2.70. The van der Waals surface area contributed by atoms with Gasteiger partial charge in [0, 0.05) is 52.4 Å². The molecule has 0 aliphatic carbocycles. The summed E-state index contributed by atoms with van der Waals surface area (Å²) in [5.74, 6) is 0. The predicted octanol–water partition coefficient (Wildman–Crippen LogP) is 10.8. The Hall–Kier alpha value is -5.68. The van der Waals surface area contributed by atoms with Crippen LogP contribution in [0, 0.1) is 0 Å². The molecule has 8 rings (SSSR count). The second kappa shape index (κ2) is 28.9. The summed E-state index contributed by atoms with van der Waals surface area (Å²) in [5, 5.41) is 0. The molecular formula is C64H72ClN4P. The minimum absolute atomic E-state index is 0. The van der Waals surface area contributed by atoms with E-state index in [9.17, 15) is 0 Å². The molecular weight excluding hydrogens is 891 g/mol. The van der Waals surface area contributed by atoms with Crippen molar-refractivity contribution in [1.29, 1.82) is 0 Å². The van der Waals surface area contributed by atoms with Gasteiger partial charge in [0.2, 0.25) is 0 Å². The molecule has 0 N–H and O–H groups in total. The first-order valence-electron chi connectivity index (χ1n) is 25.4. The molecule has 0 atom stereocenters. The van der Waals surface area contributed by atoms with E-state index < -0.39 is 7.87 Å². The molecule has 0 aliphatic heterocycles. The van der Waals surface area contributed by atoms with Crippen molar-refractivity contribution < 1.29 is 12.4 Å². The van der Waals surface area contributed by atoms with E-state index in [0.29, 0.717) is 0 Å². The summed E-state index contributed by atoms with van der Waals surface area (Å²) in [6.07, 6.45) is 7.77. The Morgan fingerprint density at radius 1 is 0.186 bits per heavy atom. The Bertz CT molecular complexity index is 2030. The first kappa shape index (κ1) is 52.2. The van der Waals surface area contributed by atoms with E-state index in [4.69, 9.17) is 0 Å². The standard InChI is InChI=1S/C64H72N4P.ClH/c1-9-25-57(26-10-1)41-49-65(50-42-58-27-11-2-12-28-58)69(66(51-43-59-29-13-3-14-30-59)52-44-60-31-15-4-16-32-60,67(53-45-61-33-17-5-18-34-61)54-46-62-35-19-6-20-36-62)68(55-47-63-37-21-7-22-38-63)56-48-64-39-23-8-24-40-64;/h1-40H,41-56H2;1H/q+1;/p-1. The van der Waals surface area contributed by atoms with Crippen molar-refractivity contribution >= 4 is 7.87 Å². The molecule has 0 bridgehead atoms. The van der Waals surface area contributed by atoms with E-state index in [1.54, 1.807) is 0 Å². The van der Waals surface area contributed by atoms with Crippen LogP contribution in [0.25, 0.3) is 0 Å². The van der Waals surface area contributed by atoms with Crippen molar-refractivity contribution in [2.24, 2.45) is 0 Å². The number of halogens is 1. The van der Waals surface area contributed by atoms with Gasteiger partial charge in [-0.05, 0) is 95.9 Å². The molecule has 8 aromatic carbocycles. The van der Waals surface area contributed by atoms with Crippen LogP contribution in [0.15, 0.2) is 243 Å². The van der Waals surface area contributed by atoms with Crippen LogP contribution < -0.4 is 12.4 Å². The third kappa shape index (κ3) is 15.7. The summed E-state index contributed by atoms with van der Waals surface area (Å²) in [4.78, 5) is 0. The SMILES string of the molecule is [Cl-].c1ccc(CCN(CCc2ccccc2)[P+](N(CCc2ccccc2)CCc2ccccc2)(N(CCc2ccccc2)CCc2ccccc2)N(CCc2ccccc2)CCc2ccccc2)cc1. The summed E-state index contributed by atoms with van der Waals surface area (Å²) in [6.45, 7) is 7.54. The van der Waals surface area contributed by atoms with E-state index in [1.165, 1.54) is 44.5 Å². The minimum atomic E-state index is -2.70. The fourth-order valence-corrected chi connectivity index (χ4v) is 14.9. The molecule has 0 amide bonds. The molecule has 0 fully saturated rings. The molecule has 6 heteroatoms. The van der Waals surface area contributed by atoms with Crippen LogP contribution in [0.2, 0.25) is 0 Å². The normalized spacial score (nSPS) is 11.6. The Balaban J connectivity index is 0.00000722. The van der Waals surface area contributed by atoms with Crippen molar-refractivity contribution in [3.05, 3.63) is 287 Å². The van der Waals surface area contributed by atoms with Crippen molar-refractivity contribution in [1.82, 2.24) is 18.7 Å². The van der Waals surface area contributed by atoms with E-state index >= 15 is 0 Å². The maximum absolute atomic E-state index is 3.06. The zero-order valence-electron chi connectivity index (χ0n) is 41.0. The monoisotopic (exact) mass is 963 g/mol. The maximum Gasteiger partial charge on any atom is 0.308 e. The molecule has 0 saturated carbocycles. The Kier molecular flexibility index (Phi) is 21.5. The van der Waals surface area contributed by atoms with Gasteiger partial charge in [-0.2, -0.15) is 0 Å². The minimum Gasteiger partial charge on any atom is -1.00 e. The summed E-state index contributed by atoms with van der Waals surface area (Å²) in [6, 6.07) is 90.2. The predicted molar refractivity (Wildman–Crippen MR) is 294 cm³/mol. The quantitative estimate of drug-likeness (QED) is 0.0454. The van der Waals surface area contributed by atoms with Gasteiger partial charge in [0.1, 0.15) is 0 Å². The fourth-order valence-electron chi connectivity index (χ4n) is 9.82. The number of hydrogen-bond donors (Lipinski definition) is 0. The second-order valence-electron chi connectivity index (χ2n) is 18.2. The molecule has 0 unspecified atom stereocenters. The van der Waals surface area contributed by atoms with Gasteiger partial charge < -0.3 is 12.4 Å². The van der Waals surface area contributed by atoms with Gasteiger partial charge in [-0.3, -0.25) is 0 Å². The van der Waals surface area contributed by atoms with Gasteiger partial charge >= 0.3 is 7.87 Å². The lowest BCUT2D eigenvalue weighted by molar-refractivity contribution is -0.0000143. The van der Waals surface area contributed by atoms with Crippen LogP contribution >= 0.6 is 7.87 Å². The van der Waals surface area contributed by atoms with Gasteiger partial charge in [0.25, 0.3) is 0 Å². The third-order valence-corrected chi connectivity index (χ3v) is 18.2. The molecule has 0 saturated heterocycles. The number of rotatable bonds is 28. The Morgan fingerprint density at radius 2 is 0.300 bits per heavy atom. The van der Waals surface area contributed by atoms with E-state index in [2.05, 4.69) is 261 Å². The molecule has 0 spiro atoms. The Labute approximate surface area is 427 Å². The van der Waals surface area contributed by atoms with Gasteiger partial charge in [0.05, 0.1) is 0 Å². The van der Waals surface area contributed by atoms with Crippen molar-refractivity contribution in [2.45, 2.75) is 51.4 Å². The molecule has 0 heterocycles. The molecule has 4 nitrogen and oxygen atoms in total. The van der Waals surface area contributed by atoms with Gasteiger partial charge in [-0.15, -0.1) is 18.7 Å². The van der Waals surface area contributed by atoms with Gasteiger partial charge in [-0.1, -0.05) is 243 Å². The lowest BCUT2D eigenvalue weighted by atomic mass is 10.1. The van der Waals surface area contributed by atoms with Crippen molar-refractivity contribution in [3.63, 3.8) is 0 Å². The van der Waals surface area contributed by atoms with Crippen LogP contribution in [0.5, 0.6) is 0 Å². The second-order valence-corrected chi connectivity index (χ2v) is 21.6. The molecule has 70 heavy (non-hydrogen) atoms. The van der Waals surface area contributed by atoms with Crippen molar-refractivity contribution in [2.75, 3.05) is 52.4 Å². The van der Waals surface area contributed by atoms with E-state index in [1.807, 2.05) is 0 Å². The number of hydrogen-bond acceptors (Lipinski definition) is 4. The average molecular weight is 964 g/mol. The highest BCUT2D eigenvalue weighted by atomic mass is 35.5. The number of nitrogens with zero attached hydrogens (tertiary/aromatic N) is 4. The lowest BCUT2D eigenvalue weighted by Gasteiger charge is -2.52. The maximum atomic E-state index is 3.06. The van der Waals surface area contributed by atoms with Crippen LogP contribution in [-0.2, 0) is 51.4 Å². The van der Waals surface area contributed by atoms with E-state index in [0.717, 1.165) is 104 Å². The summed E-state index contributed by atoms with van der Waals surface area (Å²) < 4.78 is 12.3. The highest BCUT2D eigenvalue weighted by molar-refractivity contribution is 7.66. The zero-order chi connectivity index (χ0) is 47.0. The smallest absolute Gasteiger partial charge is 0.308 e. The van der Waals surface area contributed by atoms with Crippen LogP contribution in [0.4, 0.5) is 0 Å². The summed E-state index contributed by atoms with van der Waals surface area (Å²) in [5.41, 5.74) is 11.1. The third-order valence-electron chi connectivity index (χ3n) is 13.5. The summed E-state index contributed by atoms with van der Waals surface area (Å²) >= 11 is 0. The molecule has 0 aromatic heterocycles. The van der Waals surface area contributed by atoms with Gasteiger partial charge in [-0.25, -0.2) is 0 Å². The molecule has 0 radical (unpaired) electrons. The highest BCUT2D eigenvalue weighted by Crippen LogP contribution is 2.70. The van der Waals surface area contributed by atoms with Crippen LogP contribution in [0.3, 0.4) is 0 Å². The molecule has 8 aromatic rings. The van der Waals surface area contributed by atoms with Crippen LogP contribution in [0.1, 0.15) is 44.5 Å². The number of benzene rings is 8. The first-order valence-corrected chi connectivity index (χ1v) is 27.0. The molecule has 360 valence electrons. The van der Waals surface area contributed by atoms with Crippen molar-refractivity contribution in [3.8, 4) is 0 Å². The first-order chi connectivity index (χ1) is 34.2. The van der Waals surface area contributed by atoms with Gasteiger partial charge in [0.15, 0.2) is 0 Å². The lowest BCUT2D eigenvalue weighted by Crippen LogP contribution is -3.00. The van der Waals surface area contributed by atoms with Crippen LogP contribution in [-0.4, -0.2) is 71.0 Å².